The van der Waals surface area contributed by atoms with Gasteiger partial charge in [-0.05, 0) is 68.4 Å². The van der Waals surface area contributed by atoms with Crippen molar-refractivity contribution in [1.29, 1.82) is 0 Å². The van der Waals surface area contributed by atoms with Crippen LogP contribution in [0.15, 0.2) is 30.3 Å². The van der Waals surface area contributed by atoms with Gasteiger partial charge in [0.2, 0.25) is 0 Å². The van der Waals surface area contributed by atoms with E-state index in [1.165, 1.54) is 51.5 Å². The average Bonchev–Trinajstić information content (AvgIpc) is 3.17. The van der Waals surface area contributed by atoms with E-state index in [2.05, 4.69) is 41.0 Å². The molecule has 3 aliphatic rings. The Labute approximate surface area is 165 Å². The summed E-state index contributed by atoms with van der Waals surface area (Å²) in [5.41, 5.74) is 1.55. The van der Waals surface area contributed by atoms with Gasteiger partial charge in [0, 0.05) is 18.6 Å². The highest BCUT2D eigenvalue weighted by molar-refractivity contribution is 5.85. The first-order valence-corrected chi connectivity index (χ1v) is 10.5. The Balaban J connectivity index is 0.00000196. The molecule has 3 nitrogen and oxygen atoms in total. The number of hydrogen-bond donors (Lipinski definition) is 2. The van der Waals surface area contributed by atoms with Gasteiger partial charge in [-0.25, -0.2) is 0 Å². The standard InChI is InChI=1S/C22H34N2O.ClH/c1-2-5-18(6-3-1)19-11-9-17(10-12-19)15-24-21-8-4-7-20(21)22-16-25-14-13-23-22;/h1-3,5-6,17,19-24H,4,7-16H2;1H. The molecule has 0 aromatic heterocycles. The first-order valence-electron chi connectivity index (χ1n) is 10.5. The molecule has 4 heteroatoms. The second kappa shape index (κ2) is 10.1. The van der Waals surface area contributed by atoms with Crippen LogP contribution in [0, 0.1) is 11.8 Å². The van der Waals surface area contributed by atoms with Crippen molar-refractivity contribution in [3.63, 3.8) is 0 Å². The molecule has 4 rings (SSSR count). The lowest BCUT2D eigenvalue weighted by Gasteiger charge is -2.34. The van der Waals surface area contributed by atoms with E-state index < -0.39 is 0 Å². The van der Waals surface area contributed by atoms with Crippen molar-refractivity contribution in [3.05, 3.63) is 35.9 Å². The lowest BCUT2D eigenvalue weighted by atomic mass is 9.78. The van der Waals surface area contributed by atoms with Gasteiger partial charge in [0.25, 0.3) is 0 Å². The summed E-state index contributed by atoms with van der Waals surface area (Å²) in [7, 11) is 0. The molecule has 1 aliphatic heterocycles. The summed E-state index contributed by atoms with van der Waals surface area (Å²) in [6, 6.07) is 12.4. The summed E-state index contributed by atoms with van der Waals surface area (Å²) in [5.74, 6) is 2.43. The third kappa shape index (κ3) is 5.01. The van der Waals surface area contributed by atoms with E-state index in [1.807, 2.05) is 0 Å². The van der Waals surface area contributed by atoms with Gasteiger partial charge in [0.05, 0.1) is 13.2 Å². The number of hydrogen-bond acceptors (Lipinski definition) is 3. The van der Waals surface area contributed by atoms with Crippen molar-refractivity contribution >= 4 is 12.4 Å². The SMILES string of the molecule is Cl.c1ccc(C2CCC(CNC3CCCC3C3COCCN3)CC2)cc1. The van der Waals surface area contributed by atoms with Crippen LogP contribution in [0.4, 0.5) is 0 Å². The summed E-state index contributed by atoms with van der Waals surface area (Å²) in [6.45, 7) is 4.03. The topological polar surface area (TPSA) is 33.3 Å². The molecule has 1 aromatic carbocycles. The molecule has 1 saturated heterocycles. The van der Waals surface area contributed by atoms with Crippen molar-refractivity contribution < 1.29 is 4.74 Å². The first-order chi connectivity index (χ1) is 12.4. The van der Waals surface area contributed by atoms with Crippen molar-refractivity contribution in [3.8, 4) is 0 Å². The molecule has 0 bridgehead atoms. The maximum Gasteiger partial charge on any atom is 0.0623 e. The fourth-order valence-corrected chi connectivity index (χ4v) is 5.33. The first kappa shape index (κ1) is 20.1. The Morgan fingerprint density at radius 3 is 2.54 bits per heavy atom. The minimum absolute atomic E-state index is 0. The van der Waals surface area contributed by atoms with E-state index in [1.54, 1.807) is 5.56 Å². The number of nitrogens with one attached hydrogen (secondary N) is 2. The Morgan fingerprint density at radius 2 is 1.81 bits per heavy atom. The lowest BCUT2D eigenvalue weighted by molar-refractivity contribution is 0.0521. The summed E-state index contributed by atoms with van der Waals surface area (Å²) in [6.07, 6.45) is 9.58. The third-order valence-corrected chi connectivity index (χ3v) is 6.82. The molecular formula is C22H35ClN2O. The van der Waals surface area contributed by atoms with Gasteiger partial charge in [0.1, 0.15) is 0 Å². The van der Waals surface area contributed by atoms with E-state index in [0.717, 1.165) is 37.5 Å². The monoisotopic (exact) mass is 378 g/mol. The van der Waals surface area contributed by atoms with Crippen LogP contribution in [0.2, 0.25) is 0 Å². The van der Waals surface area contributed by atoms with Gasteiger partial charge in [-0.2, -0.15) is 0 Å². The highest BCUT2D eigenvalue weighted by atomic mass is 35.5. The molecule has 1 heterocycles. The van der Waals surface area contributed by atoms with Gasteiger partial charge in [-0.1, -0.05) is 36.8 Å². The molecule has 3 unspecified atom stereocenters. The Kier molecular flexibility index (Phi) is 7.80. The predicted octanol–water partition coefficient (Wildman–Crippen LogP) is 4.13. The van der Waals surface area contributed by atoms with Crippen LogP contribution in [0.3, 0.4) is 0 Å². The van der Waals surface area contributed by atoms with Crippen molar-refractivity contribution in [2.45, 2.75) is 62.9 Å². The van der Waals surface area contributed by atoms with Crippen LogP contribution in [0.1, 0.15) is 56.4 Å². The second-order valence-electron chi connectivity index (χ2n) is 8.37. The van der Waals surface area contributed by atoms with E-state index in [0.29, 0.717) is 12.1 Å². The molecule has 146 valence electrons. The molecule has 2 aliphatic carbocycles. The van der Waals surface area contributed by atoms with Gasteiger partial charge < -0.3 is 15.4 Å². The number of ether oxygens (including phenoxy) is 1. The van der Waals surface area contributed by atoms with Gasteiger partial charge >= 0.3 is 0 Å². The van der Waals surface area contributed by atoms with Crippen LogP contribution in [0.5, 0.6) is 0 Å². The lowest BCUT2D eigenvalue weighted by Crippen LogP contribution is -2.51. The zero-order valence-corrected chi connectivity index (χ0v) is 16.7. The Morgan fingerprint density at radius 1 is 1.00 bits per heavy atom. The van der Waals surface area contributed by atoms with E-state index in [9.17, 15) is 0 Å². The molecule has 2 N–H and O–H groups in total. The summed E-state index contributed by atoms with van der Waals surface area (Å²) < 4.78 is 5.70. The maximum atomic E-state index is 5.70. The third-order valence-electron chi connectivity index (χ3n) is 6.82. The number of halogens is 1. The normalized spacial score (nSPS) is 35.0. The molecule has 0 spiro atoms. The minimum atomic E-state index is 0. The van der Waals surface area contributed by atoms with Gasteiger partial charge in [0.15, 0.2) is 0 Å². The Bertz CT molecular complexity index is 512. The molecular weight excluding hydrogens is 344 g/mol. The summed E-state index contributed by atoms with van der Waals surface area (Å²) in [4.78, 5) is 0. The summed E-state index contributed by atoms with van der Waals surface area (Å²) >= 11 is 0. The van der Waals surface area contributed by atoms with Crippen LogP contribution in [-0.4, -0.2) is 38.4 Å². The van der Waals surface area contributed by atoms with E-state index in [-0.39, 0.29) is 12.4 Å². The molecule has 2 saturated carbocycles. The van der Waals surface area contributed by atoms with Crippen molar-refractivity contribution in [1.82, 2.24) is 10.6 Å². The van der Waals surface area contributed by atoms with Crippen molar-refractivity contribution in [2.24, 2.45) is 11.8 Å². The smallest absolute Gasteiger partial charge is 0.0623 e. The second-order valence-corrected chi connectivity index (χ2v) is 8.37. The average molecular weight is 379 g/mol. The number of rotatable bonds is 5. The number of morpholine rings is 1. The van der Waals surface area contributed by atoms with Gasteiger partial charge in [-0.3, -0.25) is 0 Å². The Hall–Kier alpha value is -0.610. The van der Waals surface area contributed by atoms with Crippen molar-refractivity contribution in [2.75, 3.05) is 26.3 Å². The van der Waals surface area contributed by atoms with Crippen LogP contribution in [-0.2, 0) is 4.74 Å². The molecule has 3 atom stereocenters. The zero-order chi connectivity index (χ0) is 16.9. The minimum Gasteiger partial charge on any atom is -0.379 e. The van der Waals surface area contributed by atoms with E-state index in [4.69, 9.17) is 4.74 Å². The summed E-state index contributed by atoms with van der Waals surface area (Å²) in [5, 5.41) is 7.65. The number of benzene rings is 1. The molecule has 0 amide bonds. The van der Waals surface area contributed by atoms with Gasteiger partial charge in [-0.15, -0.1) is 12.4 Å². The zero-order valence-electron chi connectivity index (χ0n) is 15.9. The maximum absolute atomic E-state index is 5.70. The fraction of sp³-hybridized carbons (Fsp3) is 0.727. The molecule has 1 aromatic rings. The molecule has 0 radical (unpaired) electrons. The van der Waals surface area contributed by atoms with Crippen LogP contribution >= 0.6 is 12.4 Å². The molecule has 26 heavy (non-hydrogen) atoms. The highest BCUT2D eigenvalue weighted by Crippen LogP contribution is 2.36. The predicted molar refractivity (Wildman–Crippen MR) is 110 cm³/mol. The fourth-order valence-electron chi connectivity index (χ4n) is 5.33. The highest BCUT2D eigenvalue weighted by Gasteiger charge is 2.35. The van der Waals surface area contributed by atoms with Crippen LogP contribution in [0.25, 0.3) is 0 Å². The van der Waals surface area contributed by atoms with E-state index >= 15 is 0 Å². The largest absolute Gasteiger partial charge is 0.379 e. The molecule has 3 fully saturated rings. The quantitative estimate of drug-likeness (QED) is 0.808. The van der Waals surface area contributed by atoms with Crippen LogP contribution < -0.4 is 10.6 Å².